The number of hydrogen-bond donors (Lipinski definition) is 2. The molecular weight excluding hydrogens is 347 g/mol. The number of carbonyl (C=O) groups excluding carboxylic acids is 1. The predicted octanol–water partition coefficient (Wildman–Crippen LogP) is 3.43. The molecule has 0 saturated heterocycles. The van der Waals surface area contributed by atoms with Gasteiger partial charge in [-0.05, 0) is 50.8 Å². The number of hydrogen-bond acceptors (Lipinski definition) is 3. The first-order valence-electron chi connectivity index (χ1n) is 6.99. The molecule has 1 amide bonds. The fourth-order valence-corrected chi connectivity index (χ4v) is 2.78. The third-order valence-corrected chi connectivity index (χ3v) is 4.27. The molecule has 0 bridgehead atoms. The van der Waals surface area contributed by atoms with Crippen LogP contribution in [0.2, 0.25) is 10.0 Å². The first-order chi connectivity index (χ1) is 9.84. The Morgan fingerprint density at radius 1 is 1.41 bits per heavy atom. The lowest BCUT2D eigenvalue weighted by Crippen LogP contribution is -2.56. The van der Waals surface area contributed by atoms with Crippen molar-refractivity contribution in [3.8, 4) is 5.75 Å². The van der Waals surface area contributed by atoms with Crippen LogP contribution in [0, 0.1) is 5.92 Å². The largest absolute Gasteiger partial charge is 0.481 e. The molecule has 1 saturated carbocycles. The maximum absolute atomic E-state index is 12.3. The second-order valence-corrected chi connectivity index (χ2v) is 6.62. The summed E-state index contributed by atoms with van der Waals surface area (Å²) >= 11 is 11.8. The highest BCUT2D eigenvalue weighted by Crippen LogP contribution is 2.39. The molecule has 0 aromatic heterocycles. The number of rotatable bonds is 6. The van der Waals surface area contributed by atoms with Crippen LogP contribution < -0.4 is 15.8 Å². The molecule has 1 aromatic carbocycles. The minimum absolute atomic E-state index is 0. The Kier molecular flexibility index (Phi) is 6.81. The van der Waals surface area contributed by atoms with Crippen LogP contribution in [0.5, 0.6) is 5.75 Å². The molecule has 1 aromatic rings. The normalized spacial score (nSPS) is 17.9. The van der Waals surface area contributed by atoms with Crippen molar-refractivity contribution in [3.05, 3.63) is 28.2 Å². The van der Waals surface area contributed by atoms with E-state index in [1.165, 1.54) is 0 Å². The summed E-state index contributed by atoms with van der Waals surface area (Å²) in [6.07, 6.45) is 1.56. The Morgan fingerprint density at radius 3 is 2.41 bits per heavy atom. The number of ether oxygens (including phenoxy) is 1. The van der Waals surface area contributed by atoms with Gasteiger partial charge in [-0.15, -0.1) is 12.4 Å². The third-order valence-electron chi connectivity index (χ3n) is 3.83. The highest BCUT2D eigenvalue weighted by Gasteiger charge is 2.42. The van der Waals surface area contributed by atoms with Crippen molar-refractivity contribution < 1.29 is 9.53 Å². The molecule has 124 valence electrons. The van der Waals surface area contributed by atoms with Crippen LogP contribution >= 0.6 is 35.6 Å². The molecule has 4 nitrogen and oxygen atoms in total. The number of nitrogens with one attached hydrogen (secondary N) is 1. The van der Waals surface area contributed by atoms with Crippen molar-refractivity contribution >= 4 is 41.5 Å². The quantitative estimate of drug-likeness (QED) is 0.809. The molecule has 0 aliphatic heterocycles. The second-order valence-electron chi connectivity index (χ2n) is 5.75. The van der Waals surface area contributed by atoms with E-state index < -0.39 is 6.10 Å². The van der Waals surface area contributed by atoms with Gasteiger partial charge in [0.2, 0.25) is 0 Å². The van der Waals surface area contributed by atoms with E-state index in [0.29, 0.717) is 28.3 Å². The van der Waals surface area contributed by atoms with Gasteiger partial charge in [0.05, 0.1) is 5.54 Å². The Labute approximate surface area is 147 Å². The van der Waals surface area contributed by atoms with E-state index in [1.807, 2.05) is 6.92 Å². The highest BCUT2D eigenvalue weighted by molar-refractivity contribution is 6.34. The van der Waals surface area contributed by atoms with E-state index in [1.54, 1.807) is 25.1 Å². The Bertz CT molecular complexity index is 517. The molecule has 2 rings (SSSR count). The minimum Gasteiger partial charge on any atom is -0.481 e. The fraction of sp³-hybridized carbons (Fsp3) is 0.533. The van der Waals surface area contributed by atoms with Crippen LogP contribution in [0.25, 0.3) is 0 Å². The Hall–Kier alpha value is -0.680. The average molecular weight is 368 g/mol. The molecule has 7 heteroatoms. The van der Waals surface area contributed by atoms with E-state index in [2.05, 4.69) is 5.32 Å². The zero-order chi connectivity index (χ0) is 15.6. The lowest BCUT2D eigenvalue weighted by Gasteiger charge is -2.31. The monoisotopic (exact) mass is 366 g/mol. The summed E-state index contributed by atoms with van der Waals surface area (Å²) in [5.74, 6) is 0.737. The lowest BCUT2D eigenvalue weighted by molar-refractivity contribution is -0.129. The molecule has 2 unspecified atom stereocenters. The maximum Gasteiger partial charge on any atom is 0.261 e. The van der Waals surface area contributed by atoms with Crippen molar-refractivity contribution in [3.63, 3.8) is 0 Å². The van der Waals surface area contributed by atoms with Gasteiger partial charge in [0.1, 0.15) is 5.75 Å². The molecule has 0 radical (unpaired) electrons. The van der Waals surface area contributed by atoms with Gasteiger partial charge in [-0.1, -0.05) is 23.2 Å². The Balaban J connectivity index is 0.00000242. The van der Waals surface area contributed by atoms with E-state index in [-0.39, 0.29) is 23.9 Å². The molecule has 1 aliphatic carbocycles. The summed E-state index contributed by atoms with van der Waals surface area (Å²) in [6, 6.07) is 4.86. The van der Waals surface area contributed by atoms with Crippen LogP contribution in [0.4, 0.5) is 0 Å². The molecule has 0 heterocycles. The predicted molar refractivity (Wildman–Crippen MR) is 92.1 cm³/mol. The van der Waals surface area contributed by atoms with E-state index >= 15 is 0 Å². The number of nitrogens with two attached hydrogens (primary N) is 1. The molecular formula is C15H21Cl3N2O2. The molecule has 2 atom stereocenters. The van der Waals surface area contributed by atoms with Gasteiger partial charge in [0.15, 0.2) is 6.10 Å². The zero-order valence-electron chi connectivity index (χ0n) is 12.6. The van der Waals surface area contributed by atoms with Crippen molar-refractivity contribution in [1.82, 2.24) is 5.32 Å². The van der Waals surface area contributed by atoms with Gasteiger partial charge in [0, 0.05) is 16.6 Å². The molecule has 1 fully saturated rings. The smallest absolute Gasteiger partial charge is 0.261 e. The third kappa shape index (κ3) is 4.92. The van der Waals surface area contributed by atoms with Crippen molar-refractivity contribution in [2.45, 2.75) is 38.3 Å². The maximum atomic E-state index is 12.3. The summed E-state index contributed by atoms with van der Waals surface area (Å²) < 4.78 is 5.61. The van der Waals surface area contributed by atoms with Crippen LogP contribution in [0.3, 0.4) is 0 Å². The Morgan fingerprint density at radius 2 is 1.95 bits per heavy atom. The summed E-state index contributed by atoms with van der Waals surface area (Å²) in [7, 11) is 0. The van der Waals surface area contributed by atoms with E-state index in [4.69, 9.17) is 33.7 Å². The van der Waals surface area contributed by atoms with Crippen LogP contribution in [0.15, 0.2) is 18.2 Å². The highest BCUT2D eigenvalue weighted by atomic mass is 35.5. The molecule has 0 spiro atoms. The zero-order valence-corrected chi connectivity index (χ0v) is 14.9. The van der Waals surface area contributed by atoms with Gasteiger partial charge in [-0.2, -0.15) is 0 Å². The topological polar surface area (TPSA) is 64.3 Å². The van der Waals surface area contributed by atoms with Crippen molar-refractivity contribution in [2.24, 2.45) is 11.7 Å². The summed E-state index contributed by atoms with van der Waals surface area (Å²) in [5.41, 5.74) is 5.44. The van der Waals surface area contributed by atoms with Gasteiger partial charge < -0.3 is 15.8 Å². The molecule has 22 heavy (non-hydrogen) atoms. The average Bonchev–Trinajstić information content (AvgIpc) is 3.21. The van der Waals surface area contributed by atoms with Crippen LogP contribution in [-0.4, -0.2) is 24.1 Å². The van der Waals surface area contributed by atoms with Crippen LogP contribution in [0.1, 0.15) is 26.7 Å². The van der Waals surface area contributed by atoms with E-state index in [0.717, 1.165) is 12.8 Å². The van der Waals surface area contributed by atoms with Crippen molar-refractivity contribution in [2.75, 3.05) is 6.54 Å². The molecule has 3 N–H and O–H groups in total. The van der Waals surface area contributed by atoms with Gasteiger partial charge in [0.25, 0.3) is 5.91 Å². The number of carbonyl (C=O) groups is 1. The second kappa shape index (κ2) is 7.73. The first kappa shape index (κ1) is 19.4. The minimum atomic E-state index is -0.649. The van der Waals surface area contributed by atoms with Crippen LogP contribution in [-0.2, 0) is 4.79 Å². The van der Waals surface area contributed by atoms with Crippen molar-refractivity contribution in [1.29, 1.82) is 0 Å². The summed E-state index contributed by atoms with van der Waals surface area (Å²) in [6.45, 7) is 4.08. The summed E-state index contributed by atoms with van der Waals surface area (Å²) in [4.78, 5) is 12.3. The standard InChI is InChI=1S/C15H20Cl2N2O2.ClH/c1-9(21-13-6-11(16)5-12(17)7-13)14(20)19-15(2,8-18)10-3-4-10;/h5-7,9-10H,3-4,8,18H2,1-2H3,(H,19,20);1H. The van der Waals surface area contributed by atoms with Gasteiger partial charge in [-0.3, -0.25) is 4.79 Å². The number of amides is 1. The summed E-state index contributed by atoms with van der Waals surface area (Å²) in [5, 5.41) is 3.93. The number of halogens is 3. The SMILES string of the molecule is CC(Oc1cc(Cl)cc(Cl)c1)C(=O)NC(C)(CN)C1CC1.Cl. The van der Waals surface area contributed by atoms with Gasteiger partial charge >= 0.3 is 0 Å². The van der Waals surface area contributed by atoms with E-state index in [9.17, 15) is 4.79 Å². The fourth-order valence-electron chi connectivity index (χ4n) is 2.28. The molecule has 1 aliphatic rings. The number of benzene rings is 1. The first-order valence-corrected chi connectivity index (χ1v) is 7.74. The van der Waals surface area contributed by atoms with Gasteiger partial charge in [-0.25, -0.2) is 0 Å². The lowest BCUT2D eigenvalue weighted by atomic mass is 9.95.